The quantitative estimate of drug-likeness (QED) is 0.567. The molecule has 5 heteroatoms. The van der Waals surface area contributed by atoms with Gasteiger partial charge in [-0.15, -0.1) is 0 Å². The molecule has 0 spiro atoms. The molecule has 0 radical (unpaired) electrons. The second-order valence-corrected chi connectivity index (χ2v) is 4.39. The van der Waals surface area contributed by atoms with Gasteiger partial charge in [-0.3, -0.25) is 9.59 Å². The Balaban J connectivity index is 2.98. The Morgan fingerprint density at radius 3 is 2.65 bits per heavy atom. The van der Waals surface area contributed by atoms with Crippen LogP contribution in [0, 0.1) is 5.41 Å². The summed E-state index contributed by atoms with van der Waals surface area (Å²) in [6, 6.07) is 3.41. The summed E-state index contributed by atoms with van der Waals surface area (Å²) in [5, 5.41) is 9.11. The Morgan fingerprint density at radius 2 is 2.18 bits per heavy atom. The van der Waals surface area contributed by atoms with Gasteiger partial charge < -0.3 is 10.8 Å². The molecule has 0 saturated carbocycles. The van der Waals surface area contributed by atoms with Crippen LogP contribution >= 0.6 is 0 Å². The summed E-state index contributed by atoms with van der Waals surface area (Å²) in [7, 11) is 0. The molecule has 92 valence electrons. The van der Waals surface area contributed by atoms with Crippen LogP contribution in [-0.4, -0.2) is 23.4 Å². The van der Waals surface area contributed by atoms with Gasteiger partial charge >= 0.3 is 5.97 Å². The van der Waals surface area contributed by atoms with Gasteiger partial charge in [0, 0.05) is 12.6 Å². The predicted octanol–water partition coefficient (Wildman–Crippen LogP) is 0.226. The lowest BCUT2D eigenvalue weighted by Gasteiger charge is -2.18. The highest BCUT2D eigenvalue weighted by atomic mass is 16.4. The van der Waals surface area contributed by atoms with Crippen molar-refractivity contribution in [1.29, 1.82) is 0 Å². The molecule has 1 aromatic heterocycles. The number of aliphatic carboxylic acids is 1. The first-order valence-electron chi connectivity index (χ1n) is 5.32. The Morgan fingerprint density at radius 1 is 1.53 bits per heavy atom. The minimum Gasteiger partial charge on any atom is -0.481 e. The molecule has 0 fully saturated rings. The summed E-state index contributed by atoms with van der Waals surface area (Å²) < 4.78 is 1.68. The number of hydrogen-bond donors (Lipinski definition) is 2. The summed E-state index contributed by atoms with van der Waals surface area (Å²) in [5.41, 5.74) is 5.02. The Bertz CT molecular complexity index is 445. The van der Waals surface area contributed by atoms with Gasteiger partial charge in [-0.1, -0.05) is 0 Å². The third-order valence-electron chi connectivity index (χ3n) is 2.76. The van der Waals surface area contributed by atoms with Crippen LogP contribution in [0.25, 0.3) is 0 Å². The fourth-order valence-corrected chi connectivity index (χ4v) is 1.45. The summed E-state index contributed by atoms with van der Waals surface area (Å²) in [5.74, 6) is -0.996. The van der Waals surface area contributed by atoms with E-state index in [9.17, 15) is 9.59 Å². The van der Waals surface area contributed by atoms with E-state index < -0.39 is 11.4 Å². The van der Waals surface area contributed by atoms with Crippen LogP contribution in [0.4, 0.5) is 0 Å². The van der Waals surface area contributed by atoms with Crippen LogP contribution in [-0.2, 0) is 11.3 Å². The number of rotatable bonds is 5. The van der Waals surface area contributed by atoms with Crippen molar-refractivity contribution >= 4 is 11.8 Å². The zero-order valence-electron chi connectivity index (χ0n) is 10.0. The second kappa shape index (κ2) is 5.05. The largest absolute Gasteiger partial charge is 0.481 e. The first-order valence-corrected chi connectivity index (χ1v) is 5.32. The molecule has 1 unspecified atom stereocenters. The maximum Gasteiger partial charge on any atom is 0.317 e. The number of hydrogen-bond acceptors (Lipinski definition) is 3. The Kier molecular flexibility index (Phi) is 3.96. The summed E-state index contributed by atoms with van der Waals surface area (Å²) in [6.45, 7) is 3.33. The SMILES string of the molecule is CC(=O)c1ccc[n+](CC(C)(CN)C(=O)O)c1. The van der Waals surface area contributed by atoms with Crippen molar-refractivity contribution in [2.75, 3.05) is 6.54 Å². The van der Waals surface area contributed by atoms with E-state index >= 15 is 0 Å². The lowest BCUT2D eigenvalue weighted by Crippen LogP contribution is -2.49. The van der Waals surface area contributed by atoms with Crippen molar-refractivity contribution in [3.8, 4) is 0 Å². The van der Waals surface area contributed by atoms with Crippen molar-refractivity contribution in [2.45, 2.75) is 20.4 Å². The molecule has 0 bridgehead atoms. The molecule has 3 N–H and O–H groups in total. The zero-order valence-corrected chi connectivity index (χ0v) is 10.0. The first-order chi connectivity index (χ1) is 7.89. The molecule has 1 atom stereocenters. The number of Topliss-reactive ketones (excluding diaryl/α,β-unsaturated/α-hetero) is 1. The van der Waals surface area contributed by atoms with E-state index in [4.69, 9.17) is 10.8 Å². The van der Waals surface area contributed by atoms with Gasteiger partial charge in [0.1, 0.15) is 5.41 Å². The third-order valence-corrected chi connectivity index (χ3v) is 2.76. The molecule has 0 aromatic carbocycles. The average molecular weight is 237 g/mol. The summed E-state index contributed by atoms with van der Waals surface area (Å²) in [6.07, 6.45) is 3.36. The maximum atomic E-state index is 11.2. The number of nitrogens with zero attached hydrogens (tertiary/aromatic N) is 1. The smallest absolute Gasteiger partial charge is 0.317 e. The van der Waals surface area contributed by atoms with Crippen LogP contribution in [0.1, 0.15) is 24.2 Å². The molecular weight excluding hydrogens is 220 g/mol. The average Bonchev–Trinajstić information content (AvgIpc) is 2.29. The Labute approximate surface area is 99.9 Å². The normalized spacial score (nSPS) is 14.1. The molecule has 5 nitrogen and oxygen atoms in total. The van der Waals surface area contributed by atoms with Crippen LogP contribution in [0.15, 0.2) is 24.5 Å². The number of carboxylic acid groups (broad SMARTS) is 1. The van der Waals surface area contributed by atoms with Crippen LogP contribution in [0.3, 0.4) is 0 Å². The number of aromatic nitrogens is 1. The maximum absolute atomic E-state index is 11.2. The van der Waals surface area contributed by atoms with E-state index in [1.165, 1.54) is 6.92 Å². The molecule has 0 saturated heterocycles. The number of ketones is 1. The van der Waals surface area contributed by atoms with E-state index in [0.717, 1.165) is 0 Å². The van der Waals surface area contributed by atoms with Gasteiger partial charge in [0.15, 0.2) is 24.7 Å². The highest BCUT2D eigenvalue weighted by molar-refractivity contribution is 5.93. The van der Waals surface area contributed by atoms with Crippen LogP contribution in [0.2, 0.25) is 0 Å². The highest BCUT2D eigenvalue weighted by Crippen LogP contribution is 2.14. The first kappa shape index (κ1) is 13.3. The van der Waals surface area contributed by atoms with Gasteiger partial charge in [-0.2, -0.15) is 0 Å². The van der Waals surface area contributed by atoms with Gasteiger partial charge in [0.2, 0.25) is 0 Å². The van der Waals surface area contributed by atoms with Crippen molar-refractivity contribution in [1.82, 2.24) is 0 Å². The number of pyridine rings is 1. The van der Waals surface area contributed by atoms with Crippen molar-refractivity contribution < 1.29 is 19.3 Å². The van der Waals surface area contributed by atoms with Crippen molar-refractivity contribution in [2.24, 2.45) is 11.1 Å². The van der Waals surface area contributed by atoms with E-state index in [2.05, 4.69) is 0 Å². The molecular formula is C12H17N2O3+. The fourth-order valence-electron chi connectivity index (χ4n) is 1.45. The van der Waals surface area contributed by atoms with E-state index in [1.54, 1.807) is 36.0 Å². The number of carbonyl (C=O) groups excluding carboxylic acids is 1. The monoisotopic (exact) mass is 237 g/mol. The van der Waals surface area contributed by atoms with E-state index in [0.29, 0.717) is 5.56 Å². The van der Waals surface area contributed by atoms with E-state index in [-0.39, 0.29) is 18.9 Å². The van der Waals surface area contributed by atoms with Gasteiger partial charge in [0.25, 0.3) is 0 Å². The molecule has 1 heterocycles. The standard InChI is InChI=1S/C12H16N2O3/c1-9(15)10-4-3-5-14(6-10)8-12(2,7-13)11(16)17/h3-6H,7-8,13H2,1-2H3/p+1. The van der Waals surface area contributed by atoms with Gasteiger partial charge in [-0.25, -0.2) is 4.57 Å². The number of carboxylic acids is 1. The molecule has 0 aliphatic carbocycles. The number of carbonyl (C=O) groups is 2. The van der Waals surface area contributed by atoms with E-state index in [1.807, 2.05) is 0 Å². The topological polar surface area (TPSA) is 84.3 Å². The number of nitrogens with two attached hydrogens (primary N) is 1. The Hall–Kier alpha value is -1.75. The van der Waals surface area contributed by atoms with Crippen molar-refractivity contribution in [3.05, 3.63) is 30.1 Å². The van der Waals surface area contributed by atoms with Crippen LogP contribution in [0.5, 0.6) is 0 Å². The lowest BCUT2D eigenvalue weighted by molar-refractivity contribution is -0.706. The van der Waals surface area contributed by atoms with Gasteiger partial charge in [-0.05, 0) is 19.9 Å². The van der Waals surface area contributed by atoms with Crippen LogP contribution < -0.4 is 10.3 Å². The predicted molar refractivity (Wildman–Crippen MR) is 61.4 cm³/mol. The minimum atomic E-state index is -1.03. The zero-order chi connectivity index (χ0) is 13.1. The molecule has 0 aliphatic rings. The summed E-state index contributed by atoms with van der Waals surface area (Å²) in [4.78, 5) is 22.3. The molecule has 1 aromatic rings. The van der Waals surface area contributed by atoms with Gasteiger partial charge in [0.05, 0.1) is 5.56 Å². The van der Waals surface area contributed by atoms with Crippen molar-refractivity contribution in [3.63, 3.8) is 0 Å². The lowest BCUT2D eigenvalue weighted by atomic mass is 9.91. The summed E-state index contributed by atoms with van der Waals surface area (Å²) >= 11 is 0. The molecule has 0 aliphatic heterocycles. The third kappa shape index (κ3) is 3.10. The molecule has 0 amide bonds. The molecule has 17 heavy (non-hydrogen) atoms. The highest BCUT2D eigenvalue weighted by Gasteiger charge is 2.36. The molecule has 1 rings (SSSR count). The second-order valence-electron chi connectivity index (χ2n) is 4.39. The minimum absolute atomic E-state index is 0.0413. The fraction of sp³-hybridized carbons (Fsp3) is 0.417.